The van der Waals surface area contributed by atoms with Gasteiger partial charge in [-0.15, -0.1) is 0 Å². The topological polar surface area (TPSA) is 278 Å². The number of H-pyrrole nitrogens is 1. The number of hydrogen-bond donors (Lipinski definition) is 9. The van der Waals surface area contributed by atoms with Crippen molar-refractivity contribution < 1.29 is 48.6 Å². The van der Waals surface area contributed by atoms with Crippen molar-refractivity contribution in [1.29, 1.82) is 0 Å². The monoisotopic (exact) mass is 798 g/mol. The molecular weight excluding hydrogens is 740 g/mol. The Labute approximate surface area is 332 Å². The predicted octanol–water partition coefficient (Wildman–Crippen LogP) is 0.821. The van der Waals surface area contributed by atoms with Gasteiger partial charge in [-0.1, -0.05) is 84.7 Å². The third-order valence-electron chi connectivity index (χ3n) is 9.51. The number of benzene rings is 1. The molecule has 0 saturated carbocycles. The second-order valence-electron chi connectivity index (χ2n) is 14.7. The number of imidazole rings is 1. The molecule has 9 N–H and O–H groups in total. The van der Waals surface area contributed by atoms with Crippen LogP contribution >= 0.6 is 0 Å². The van der Waals surface area contributed by atoms with Crippen LogP contribution in [0.15, 0.2) is 42.9 Å². The first-order valence-electron chi connectivity index (χ1n) is 19.1. The molecule has 0 aliphatic heterocycles. The molecule has 6 amide bonds. The fourth-order valence-electron chi connectivity index (χ4n) is 5.91. The maximum Gasteiger partial charge on any atom is 0.326 e. The van der Waals surface area contributed by atoms with Crippen molar-refractivity contribution in [2.75, 3.05) is 0 Å². The third-order valence-corrected chi connectivity index (χ3v) is 9.51. The minimum absolute atomic E-state index is 0.0959. The van der Waals surface area contributed by atoms with E-state index >= 15 is 0 Å². The van der Waals surface area contributed by atoms with Gasteiger partial charge in [-0.05, 0) is 29.7 Å². The van der Waals surface area contributed by atoms with E-state index in [2.05, 4.69) is 41.9 Å². The van der Waals surface area contributed by atoms with Crippen molar-refractivity contribution in [3.8, 4) is 0 Å². The van der Waals surface area contributed by atoms with E-state index in [4.69, 9.17) is 0 Å². The molecular formula is C39H58N8O10. The lowest BCUT2D eigenvalue weighted by atomic mass is 9.94. The molecule has 0 fully saturated rings. The van der Waals surface area contributed by atoms with E-state index < -0.39 is 102 Å². The van der Waals surface area contributed by atoms with Crippen molar-refractivity contribution in [2.45, 2.75) is 123 Å². The lowest BCUT2D eigenvalue weighted by Gasteiger charge is -2.30. The van der Waals surface area contributed by atoms with Gasteiger partial charge >= 0.3 is 11.9 Å². The van der Waals surface area contributed by atoms with Gasteiger partial charge in [0.2, 0.25) is 35.4 Å². The molecule has 314 valence electrons. The predicted molar refractivity (Wildman–Crippen MR) is 208 cm³/mol. The molecule has 0 aliphatic rings. The van der Waals surface area contributed by atoms with Crippen LogP contribution in [-0.2, 0) is 51.2 Å². The number of rotatable bonds is 24. The smallest absolute Gasteiger partial charge is 0.326 e. The average molecular weight is 799 g/mol. The van der Waals surface area contributed by atoms with Gasteiger partial charge < -0.3 is 47.1 Å². The van der Waals surface area contributed by atoms with Crippen molar-refractivity contribution in [3.05, 3.63) is 54.1 Å². The molecule has 2 rings (SSSR count). The van der Waals surface area contributed by atoms with Gasteiger partial charge in [0.05, 0.1) is 12.7 Å². The van der Waals surface area contributed by atoms with Crippen LogP contribution in [0, 0.1) is 17.8 Å². The average Bonchev–Trinajstić information content (AvgIpc) is 3.67. The number of hydrogen-bond acceptors (Lipinski definition) is 9. The molecule has 0 saturated heterocycles. The van der Waals surface area contributed by atoms with Crippen LogP contribution in [0.1, 0.15) is 85.4 Å². The van der Waals surface area contributed by atoms with Crippen LogP contribution < -0.4 is 31.9 Å². The highest BCUT2D eigenvalue weighted by atomic mass is 16.4. The minimum atomic E-state index is -1.69. The second-order valence-corrected chi connectivity index (χ2v) is 14.7. The van der Waals surface area contributed by atoms with Crippen LogP contribution in [0.5, 0.6) is 0 Å². The van der Waals surface area contributed by atoms with Crippen LogP contribution in [0.2, 0.25) is 0 Å². The summed E-state index contributed by atoms with van der Waals surface area (Å²) in [6.07, 6.45) is 2.81. The summed E-state index contributed by atoms with van der Waals surface area (Å²) in [6.45, 7) is 11.7. The van der Waals surface area contributed by atoms with E-state index in [9.17, 15) is 48.6 Å². The summed E-state index contributed by atoms with van der Waals surface area (Å²) in [5, 5.41) is 34.9. The number of aromatic amines is 1. The first-order chi connectivity index (χ1) is 26.9. The van der Waals surface area contributed by atoms with Gasteiger partial charge in [-0.2, -0.15) is 0 Å². The zero-order valence-electron chi connectivity index (χ0n) is 33.6. The van der Waals surface area contributed by atoms with E-state index in [0.29, 0.717) is 18.5 Å². The summed E-state index contributed by atoms with van der Waals surface area (Å²) < 4.78 is 0. The molecule has 57 heavy (non-hydrogen) atoms. The van der Waals surface area contributed by atoms with Crippen LogP contribution in [-0.4, -0.2) is 104 Å². The summed E-state index contributed by atoms with van der Waals surface area (Å²) in [6, 6.07) is 1.06. The SMILES string of the molecule is CC[C@H](C)[C@H](NC(=O)[C@H](CC(=O)O)NC(=O)[C@H](CC(C)C)NC(=O)[C@@H](Cc1ccccc1)NC(C)=O)C(=O)N[C@H](C(=O)N[C@H](Cc1cnc[nH]1)C(=O)O)[C@@H](C)CC. The number of nitrogens with one attached hydrogen (secondary N) is 7. The maximum absolute atomic E-state index is 13.9. The summed E-state index contributed by atoms with van der Waals surface area (Å²) in [5.41, 5.74) is 1.21. The van der Waals surface area contributed by atoms with Crippen LogP contribution in [0.4, 0.5) is 0 Å². The first-order valence-corrected chi connectivity index (χ1v) is 19.1. The Kier molecular flexibility index (Phi) is 19.4. The van der Waals surface area contributed by atoms with Crippen LogP contribution in [0.3, 0.4) is 0 Å². The minimum Gasteiger partial charge on any atom is -0.481 e. The highest BCUT2D eigenvalue weighted by Crippen LogP contribution is 2.14. The van der Waals surface area contributed by atoms with Crippen molar-refractivity contribution in [1.82, 2.24) is 41.9 Å². The van der Waals surface area contributed by atoms with E-state index in [-0.39, 0.29) is 25.2 Å². The van der Waals surface area contributed by atoms with Crippen molar-refractivity contribution >= 4 is 47.4 Å². The molecule has 0 aliphatic carbocycles. The number of aromatic nitrogens is 2. The van der Waals surface area contributed by atoms with Crippen LogP contribution in [0.25, 0.3) is 0 Å². The molecule has 0 bridgehead atoms. The Morgan fingerprint density at radius 1 is 0.649 bits per heavy atom. The number of carboxylic acid groups (broad SMARTS) is 2. The number of nitrogens with zero attached hydrogens (tertiary/aromatic N) is 1. The van der Waals surface area contributed by atoms with Gasteiger partial charge in [0, 0.05) is 31.7 Å². The standard InChI is InChI=1S/C39H58N8O10/c1-8-22(5)32(37(54)45-30(39(56)57)17-26-19-40-20-41-26)47-38(55)33(23(6)9-2)46-36(53)29(18-31(49)50)44-34(51)27(15-21(3)4)43-35(52)28(42-24(7)48)16-25-13-11-10-12-14-25/h10-14,19-23,27-30,32-33H,8-9,15-18H2,1-7H3,(H,40,41)(H,42,48)(H,43,52)(H,44,51)(H,45,54)(H,46,53)(H,47,55)(H,49,50)(H,56,57)/t22-,23-,27-,28+,29-,30+,32-,33-/m0/s1. The quantitative estimate of drug-likeness (QED) is 0.0717. The van der Waals surface area contributed by atoms with Gasteiger partial charge in [-0.25, -0.2) is 9.78 Å². The molecule has 8 atom stereocenters. The fraction of sp³-hybridized carbons (Fsp3) is 0.564. The molecule has 0 radical (unpaired) electrons. The normalized spacial score (nSPS) is 15.3. The largest absolute Gasteiger partial charge is 0.481 e. The molecule has 1 heterocycles. The first kappa shape index (κ1) is 47.3. The molecule has 0 spiro atoms. The maximum atomic E-state index is 13.9. The molecule has 0 unspecified atom stereocenters. The molecule has 18 nitrogen and oxygen atoms in total. The second kappa shape index (κ2) is 23.3. The number of carbonyl (C=O) groups is 8. The summed E-state index contributed by atoms with van der Waals surface area (Å²) >= 11 is 0. The van der Waals surface area contributed by atoms with E-state index in [1.54, 1.807) is 71.9 Å². The van der Waals surface area contributed by atoms with Crippen molar-refractivity contribution in [3.63, 3.8) is 0 Å². The molecule has 1 aromatic heterocycles. The Balaban J connectivity index is 2.31. The molecule has 18 heteroatoms. The van der Waals surface area contributed by atoms with Gasteiger partial charge in [-0.3, -0.25) is 33.6 Å². The number of carboxylic acids is 2. The number of amides is 6. The van der Waals surface area contributed by atoms with Gasteiger partial charge in [0.1, 0.15) is 36.3 Å². The number of carbonyl (C=O) groups excluding carboxylic acids is 6. The third kappa shape index (κ3) is 16.1. The summed E-state index contributed by atoms with van der Waals surface area (Å²) in [5.74, 6) is -8.47. The highest BCUT2D eigenvalue weighted by molar-refractivity contribution is 5.98. The lowest BCUT2D eigenvalue weighted by Crippen LogP contribution is -2.61. The molecule has 1 aromatic carbocycles. The van der Waals surface area contributed by atoms with E-state index in [1.807, 2.05) is 0 Å². The Hall–Kier alpha value is -5.81. The van der Waals surface area contributed by atoms with E-state index in [0.717, 1.165) is 5.56 Å². The highest BCUT2D eigenvalue weighted by Gasteiger charge is 2.37. The Morgan fingerprint density at radius 2 is 1.16 bits per heavy atom. The zero-order valence-corrected chi connectivity index (χ0v) is 33.6. The molecule has 2 aromatic rings. The van der Waals surface area contributed by atoms with Gasteiger partial charge in [0.15, 0.2) is 0 Å². The Bertz CT molecular complexity index is 1670. The van der Waals surface area contributed by atoms with Crippen molar-refractivity contribution in [2.24, 2.45) is 17.8 Å². The number of aliphatic carboxylic acids is 2. The summed E-state index contributed by atoms with van der Waals surface area (Å²) in [4.78, 5) is 111. The Morgan fingerprint density at radius 3 is 1.65 bits per heavy atom. The summed E-state index contributed by atoms with van der Waals surface area (Å²) in [7, 11) is 0. The van der Waals surface area contributed by atoms with Gasteiger partial charge in [0.25, 0.3) is 0 Å². The lowest BCUT2D eigenvalue weighted by molar-refractivity contribution is -0.142. The fourth-order valence-corrected chi connectivity index (χ4v) is 5.91. The van der Waals surface area contributed by atoms with E-state index in [1.165, 1.54) is 19.4 Å². The zero-order chi connectivity index (χ0) is 42.8.